The van der Waals surface area contributed by atoms with Gasteiger partial charge in [-0.3, -0.25) is 0 Å². The molecule has 70 valence electrons. The van der Waals surface area contributed by atoms with Gasteiger partial charge in [-0.2, -0.15) is 0 Å². The Morgan fingerprint density at radius 2 is 2.08 bits per heavy atom. The van der Waals surface area contributed by atoms with E-state index in [1.54, 1.807) is 0 Å². The summed E-state index contributed by atoms with van der Waals surface area (Å²) in [5.41, 5.74) is 0.238. The maximum absolute atomic E-state index is 13.2. The zero-order valence-electron chi connectivity index (χ0n) is 6.60. The number of aliphatic hydroxyl groups excluding tert-OH is 1. The Morgan fingerprint density at radius 3 is 2.69 bits per heavy atom. The molecule has 0 aliphatic rings. The first-order valence-electron chi connectivity index (χ1n) is 3.57. The number of hydrogen-bond acceptors (Lipinski definition) is 1. The number of aliphatic hydroxyl groups is 1. The third-order valence-corrected chi connectivity index (χ3v) is 2.19. The van der Waals surface area contributed by atoms with Crippen molar-refractivity contribution in [1.29, 1.82) is 0 Å². The number of rotatable bonds is 2. The zero-order valence-corrected chi connectivity index (χ0v) is 8.18. The van der Waals surface area contributed by atoms with Gasteiger partial charge in [0.1, 0.15) is 11.6 Å². The number of halogens is 3. The van der Waals surface area contributed by atoms with Crippen molar-refractivity contribution in [3.63, 3.8) is 0 Å². The Bertz CT molecular complexity index is 337. The first-order valence-corrected chi connectivity index (χ1v) is 4.37. The average Bonchev–Trinajstić information content (AvgIpc) is 2.13. The molecule has 0 aliphatic carbocycles. The van der Waals surface area contributed by atoms with Crippen molar-refractivity contribution in [3.8, 4) is 0 Å². The van der Waals surface area contributed by atoms with E-state index in [0.29, 0.717) is 0 Å². The van der Waals surface area contributed by atoms with E-state index < -0.39 is 11.6 Å². The lowest BCUT2D eigenvalue weighted by molar-refractivity contribution is 0.343. The molecule has 0 unspecified atom stereocenters. The van der Waals surface area contributed by atoms with E-state index in [1.165, 1.54) is 18.2 Å². The summed E-state index contributed by atoms with van der Waals surface area (Å²) < 4.78 is 25.7. The molecule has 1 aromatic rings. The Labute approximate surface area is 82.8 Å². The second-order valence-corrected chi connectivity index (χ2v) is 3.14. The van der Waals surface area contributed by atoms with Crippen molar-refractivity contribution < 1.29 is 13.9 Å². The lowest BCUT2D eigenvalue weighted by atomic mass is 10.2. The van der Waals surface area contributed by atoms with Crippen LogP contribution in [0.3, 0.4) is 0 Å². The highest BCUT2D eigenvalue weighted by Crippen LogP contribution is 2.23. The van der Waals surface area contributed by atoms with Crippen LogP contribution in [-0.4, -0.2) is 11.7 Å². The molecule has 0 amide bonds. The van der Waals surface area contributed by atoms with Crippen molar-refractivity contribution in [2.45, 2.75) is 0 Å². The van der Waals surface area contributed by atoms with Crippen LogP contribution in [0.5, 0.6) is 0 Å². The summed E-state index contributed by atoms with van der Waals surface area (Å²) in [6.07, 6.45) is 2.77. The smallest absolute Gasteiger partial charge is 0.147 e. The van der Waals surface area contributed by atoms with Gasteiger partial charge in [-0.1, -0.05) is 12.2 Å². The fourth-order valence-corrected chi connectivity index (χ4v) is 1.21. The van der Waals surface area contributed by atoms with Crippen LogP contribution in [0.1, 0.15) is 5.56 Å². The summed E-state index contributed by atoms with van der Waals surface area (Å²) >= 11 is 2.78. The molecule has 0 radical (unpaired) electrons. The van der Waals surface area contributed by atoms with E-state index >= 15 is 0 Å². The molecular formula is C9H7BrF2O. The quantitative estimate of drug-likeness (QED) is 0.799. The van der Waals surface area contributed by atoms with E-state index in [1.807, 2.05) is 0 Å². The van der Waals surface area contributed by atoms with E-state index in [-0.39, 0.29) is 16.6 Å². The minimum Gasteiger partial charge on any atom is -0.392 e. The number of hydrogen-bond donors (Lipinski definition) is 1. The van der Waals surface area contributed by atoms with Crippen LogP contribution in [0.15, 0.2) is 22.7 Å². The standard InChI is InChI=1S/C9H7BrF2O/c10-8-7(11)4-3-6(9(8)12)2-1-5-13/h1-4,13H,5H2/b2-1+. The second kappa shape index (κ2) is 4.48. The lowest BCUT2D eigenvalue weighted by Crippen LogP contribution is -1.88. The van der Waals surface area contributed by atoms with Crippen LogP contribution >= 0.6 is 15.9 Å². The van der Waals surface area contributed by atoms with E-state index in [4.69, 9.17) is 5.11 Å². The van der Waals surface area contributed by atoms with Gasteiger partial charge in [0, 0.05) is 5.56 Å². The SMILES string of the molecule is OC/C=C/c1ccc(F)c(Br)c1F. The summed E-state index contributed by atoms with van der Waals surface area (Å²) in [6.45, 7) is -0.172. The van der Waals surface area contributed by atoms with Crippen LogP contribution in [0.25, 0.3) is 6.08 Å². The molecule has 4 heteroatoms. The van der Waals surface area contributed by atoms with Crippen LogP contribution in [-0.2, 0) is 0 Å². The van der Waals surface area contributed by atoms with Crippen LogP contribution in [0.4, 0.5) is 8.78 Å². The van der Waals surface area contributed by atoms with Gasteiger partial charge < -0.3 is 5.11 Å². The largest absolute Gasteiger partial charge is 0.392 e. The molecule has 0 heterocycles. The second-order valence-electron chi connectivity index (χ2n) is 2.35. The Kier molecular flexibility index (Phi) is 3.57. The summed E-state index contributed by atoms with van der Waals surface area (Å²) in [5, 5.41) is 8.45. The molecule has 1 aromatic carbocycles. The van der Waals surface area contributed by atoms with Gasteiger partial charge in [0.05, 0.1) is 11.1 Å². The highest BCUT2D eigenvalue weighted by molar-refractivity contribution is 9.10. The van der Waals surface area contributed by atoms with Crippen LogP contribution in [0.2, 0.25) is 0 Å². The predicted octanol–water partition coefficient (Wildman–Crippen LogP) is 2.73. The van der Waals surface area contributed by atoms with Crippen molar-refractivity contribution in [1.82, 2.24) is 0 Å². The van der Waals surface area contributed by atoms with Crippen molar-refractivity contribution in [3.05, 3.63) is 39.9 Å². The third kappa shape index (κ3) is 2.35. The third-order valence-electron chi connectivity index (χ3n) is 1.47. The molecule has 0 saturated carbocycles. The Morgan fingerprint density at radius 1 is 1.38 bits per heavy atom. The Balaban J connectivity index is 3.11. The molecule has 13 heavy (non-hydrogen) atoms. The van der Waals surface area contributed by atoms with Crippen molar-refractivity contribution in [2.24, 2.45) is 0 Å². The molecule has 0 fully saturated rings. The van der Waals surface area contributed by atoms with Gasteiger partial charge in [-0.25, -0.2) is 8.78 Å². The van der Waals surface area contributed by atoms with E-state index in [0.717, 1.165) is 6.07 Å². The molecule has 1 N–H and O–H groups in total. The highest BCUT2D eigenvalue weighted by Gasteiger charge is 2.08. The topological polar surface area (TPSA) is 20.2 Å². The van der Waals surface area contributed by atoms with Gasteiger partial charge in [0.2, 0.25) is 0 Å². The fourth-order valence-electron chi connectivity index (χ4n) is 0.849. The lowest BCUT2D eigenvalue weighted by Gasteiger charge is -2.00. The highest BCUT2D eigenvalue weighted by atomic mass is 79.9. The molecule has 0 aromatic heterocycles. The van der Waals surface area contributed by atoms with Gasteiger partial charge in [-0.15, -0.1) is 0 Å². The molecule has 0 saturated heterocycles. The van der Waals surface area contributed by atoms with Crippen LogP contribution in [0, 0.1) is 11.6 Å². The van der Waals surface area contributed by atoms with E-state index in [2.05, 4.69) is 15.9 Å². The monoisotopic (exact) mass is 248 g/mol. The summed E-state index contributed by atoms with van der Waals surface area (Å²) in [7, 11) is 0. The summed E-state index contributed by atoms with van der Waals surface area (Å²) in [6, 6.07) is 2.46. The molecule has 0 atom stereocenters. The fraction of sp³-hybridized carbons (Fsp3) is 0.111. The van der Waals surface area contributed by atoms with Gasteiger partial charge >= 0.3 is 0 Å². The minimum atomic E-state index is -0.662. The Hall–Kier alpha value is -0.740. The minimum absolute atomic E-state index is 0.172. The van der Waals surface area contributed by atoms with Crippen molar-refractivity contribution >= 4 is 22.0 Å². The molecule has 0 bridgehead atoms. The maximum atomic E-state index is 13.2. The molecule has 1 nitrogen and oxygen atoms in total. The first kappa shape index (κ1) is 10.3. The van der Waals surface area contributed by atoms with E-state index in [9.17, 15) is 8.78 Å². The zero-order chi connectivity index (χ0) is 9.84. The maximum Gasteiger partial charge on any atom is 0.147 e. The van der Waals surface area contributed by atoms with Gasteiger partial charge in [0.15, 0.2) is 0 Å². The first-order chi connectivity index (χ1) is 6.16. The van der Waals surface area contributed by atoms with Gasteiger partial charge in [0.25, 0.3) is 0 Å². The normalized spacial score (nSPS) is 11.1. The van der Waals surface area contributed by atoms with Gasteiger partial charge in [-0.05, 0) is 28.1 Å². The predicted molar refractivity (Wildman–Crippen MR) is 50.2 cm³/mol. The summed E-state index contributed by atoms with van der Waals surface area (Å²) in [4.78, 5) is 0. The molecule has 0 spiro atoms. The molecule has 1 rings (SSSR count). The average molecular weight is 249 g/mol. The van der Waals surface area contributed by atoms with Crippen molar-refractivity contribution in [2.75, 3.05) is 6.61 Å². The molecule has 0 aliphatic heterocycles. The molecular weight excluding hydrogens is 242 g/mol. The van der Waals surface area contributed by atoms with Crippen LogP contribution < -0.4 is 0 Å². The number of benzene rings is 1. The summed E-state index contributed by atoms with van der Waals surface area (Å²) in [5.74, 6) is -1.30.